The molecule has 88 valence electrons. The van der Waals surface area contributed by atoms with Crippen LogP contribution < -0.4 is 5.32 Å². The first kappa shape index (κ1) is 11.2. The summed E-state index contributed by atoms with van der Waals surface area (Å²) in [5.41, 5.74) is 0. The first-order valence-corrected chi connectivity index (χ1v) is 7.96. The van der Waals surface area contributed by atoms with Gasteiger partial charge in [0.25, 0.3) is 0 Å². The Morgan fingerprint density at radius 1 is 1.44 bits per heavy atom. The number of rotatable bonds is 3. The Morgan fingerprint density at radius 2 is 2.38 bits per heavy atom. The minimum absolute atomic E-state index is 0.799. The summed E-state index contributed by atoms with van der Waals surface area (Å²) >= 11 is 5.41. The molecular weight excluding hydrogens is 282 g/mol. The van der Waals surface area contributed by atoms with Crippen molar-refractivity contribution in [2.45, 2.75) is 38.1 Å². The lowest BCUT2D eigenvalue weighted by Crippen LogP contribution is -2.27. The van der Waals surface area contributed by atoms with Gasteiger partial charge in [0.15, 0.2) is 0 Å². The Hall–Kier alpha value is 0.140. The molecule has 1 saturated carbocycles. The number of halogens is 1. The van der Waals surface area contributed by atoms with E-state index in [1.807, 2.05) is 11.3 Å². The van der Waals surface area contributed by atoms with Gasteiger partial charge in [0, 0.05) is 20.8 Å². The highest BCUT2D eigenvalue weighted by Gasteiger charge is 2.38. The van der Waals surface area contributed by atoms with Gasteiger partial charge in [0.05, 0.1) is 0 Å². The minimum atomic E-state index is 0.799. The molecule has 3 heteroatoms. The number of nitrogens with one attached hydrogen (secondary N) is 1. The highest BCUT2D eigenvalue weighted by atomic mass is 79.9. The van der Waals surface area contributed by atoms with Gasteiger partial charge in [0.2, 0.25) is 0 Å². The van der Waals surface area contributed by atoms with Crippen LogP contribution >= 0.6 is 27.3 Å². The van der Waals surface area contributed by atoms with Crippen LogP contribution in [-0.4, -0.2) is 12.6 Å². The van der Waals surface area contributed by atoms with Crippen molar-refractivity contribution in [2.75, 3.05) is 6.54 Å². The molecule has 1 saturated heterocycles. The molecule has 1 aromatic rings. The fourth-order valence-corrected chi connectivity index (χ4v) is 4.87. The number of hydrogen-bond donors (Lipinski definition) is 1. The zero-order chi connectivity index (χ0) is 11.0. The van der Waals surface area contributed by atoms with Crippen molar-refractivity contribution in [3.8, 4) is 0 Å². The van der Waals surface area contributed by atoms with Gasteiger partial charge in [-0.25, -0.2) is 0 Å². The average molecular weight is 300 g/mol. The predicted octanol–water partition coefficient (Wildman–Crippen LogP) is 3.83. The summed E-state index contributed by atoms with van der Waals surface area (Å²) < 4.78 is 1.24. The summed E-state index contributed by atoms with van der Waals surface area (Å²) in [4.78, 5) is 1.52. The van der Waals surface area contributed by atoms with Crippen LogP contribution in [0.5, 0.6) is 0 Å². The summed E-state index contributed by atoms with van der Waals surface area (Å²) in [5.74, 6) is 1.99. The van der Waals surface area contributed by atoms with Gasteiger partial charge in [0.1, 0.15) is 0 Å². The molecule has 0 amide bonds. The van der Waals surface area contributed by atoms with E-state index < -0.39 is 0 Å². The molecule has 0 radical (unpaired) electrons. The minimum Gasteiger partial charge on any atom is -0.313 e. The molecule has 1 aliphatic heterocycles. The van der Waals surface area contributed by atoms with Crippen LogP contribution in [0.3, 0.4) is 0 Å². The predicted molar refractivity (Wildman–Crippen MR) is 73.0 cm³/mol. The Balaban J connectivity index is 1.55. The summed E-state index contributed by atoms with van der Waals surface area (Å²) in [7, 11) is 0. The van der Waals surface area contributed by atoms with Crippen LogP contribution in [0.15, 0.2) is 15.9 Å². The summed E-state index contributed by atoms with van der Waals surface area (Å²) in [6, 6.07) is 3.07. The zero-order valence-electron chi connectivity index (χ0n) is 9.42. The molecule has 1 aliphatic carbocycles. The summed E-state index contributed by atoms with van der Waals surface area (Å²) in [5, 5.41) is 5.92. The molecule has 1 aromatic heterocycles. The van der Waals surface area contributed by atoms with Gasteiger partial charge in [-0.15, -0.1) is 11.3 Å². The van der Waals surface area contributed by atoms with Crippen molar-refractivity contribution in [3.05, 3.63) is 20.8 Å². The monoisotopic (exact) mass is 299 g/mol. The maximum Gasteiger partial charge on any atom is 0.0285 e. The molecule has 1 nitrogen and oxygen atoms in total. The summed E-state index contributed by atoms with van der Waals surface area (Å²) in [6.07, 6.45) is 6.98. The molecule has 0 aromatic carbocycles. The standard InChI is InChI=1S/C13H18BrNS/c14-10-6-11(16-8-10)4-5-13-12-3-1-2-9(12)7-15-13/h6,8-9,12-13,15H,1-5,7H2. The molecule has 1 N–H and O–H groups in total. The molecule has 0 spiro atoms. The fourth-order valence-electron chi connectivity index (χ4n) is 3.40. The third kappa shape index (κ3) is 2.22. The lowest BCUT2D eigenvalue weighted by Gasteiger charge is -2.17. The van der Waals surface area contributed by atoms with E-state index >= 15 is 0 Å². The van der Waals surface area contributed by atoms with Crippen molar-refractivity contribution < 1.29 is 0 Å². The van der Waals surface area contributed by atoms with Crippen molar-refractivity contribution in [2.24, 2.45) is 11.8 Å². The number of fused-ring (bicyclic) bond motifs is 1. The Morgan fingerprint density at radius 3 is 3.19 bits per heavy atom. The van der Waals surface area contributed by atoms with Crippen molar-refractivity contribution in [3.63, 3.8) is 0 Å². The van der Waals surface area contributed by atoms with Gasteiger partial charge in [-0.05, 0) is 66.1 Å². The van der Waals surface area contributed by atoms with E-state index in [1.54, 1.807) is 0 Å². The SMILES string of the molecule is Brc1csc(CCC2NCC3CCCC32)c1. The number of hydrogen-bond acceptors (Lipinski definition) is 2. The van der Waals surface area contributed by atoms with Gasteiger partial charge in [-0.3, -0.25) is 0 Å². The van der Waals surface area contributed by atoms with E-state index in [4.69, 9.17) is 0 Å². The lowest BCUT2D eigenvalue weighted by molar-refractivity contribution is 0.394. The lowest BCUT2D eigenvalue weighted by atomic mass is 9.91. The quantitative estimate of drug-likeness (QED) is 0.894. The Labute approximate surface area is 110 Å². The first-order valence-electron chi connectivity index (χ1n) is 6.29. The second-order valence-electron chi connectivity index (χ2n) is 5.14. The van der Waals surface area contributed by atoms with Crippen molar-refractivity contribution >= 4 is 27.3 Å². The van der Waals surface area contributed by atoms with E-state index in [9.17, 15) is 0 Å². The van der Waals surface area contributed by atoms with Crippen LogP contribution in [0.25, 0.3) is 0 Å². The molecule has 2 fully saturated rings. The van der Waals surface area contributed by atoms with E-state index in [0.717, 1.165) is 17.9 Å². The van der Waals surface area contributed by atoms with Crippen molar-refractivity contribution in [1.82, 2.24) is 5.32 Å². The molecule has 2 aliphatic rings. The van der Waals surface area contributed by atoms with Crippen LogP contribution in [0.4, 0.5) is 0 Å². The van der Waals surface area contributed by atoms with E-state index in [2.05, 4.69) is 32.7 Å². The molecule has 3 unspecified atom stereocenters. The van der Waals surface area contributed by atoms with Crippen LogP contribution in [-0.2, 0) is 6.42 Å². The van der Waals surface area contributed by atoms with Gasteiger partial charge in [-0.2, -0.15) is 0 Å². The molecule has 16 heavy (non-hydrogen) atoms. The van der Waals surface area contributed by atoms with Gasteiger partial charge < -0.3 is 5.32 Å². The van der Waals surface area contributed by atoms with Crippen LogP contribution in [0.1, 0.15) is 30.6 Å². The first-order chi connectivity index (χ1) is 7.83. The number of thiophene rings is 1. The number of aryl methyl sites for hydroxylation is 1. The van der Waals surface area contributed by atoms with Gasteiger partial charge in [-0.1, -0.05) is 6.42 Å². The third-order valence-corrected chi connectivity index (χ3v) is 5.96. The smallest absolute Gasteiger partial charge is 0.0285 e. The highest BCUT2D eigenvalue weighted by molar-refractivity contribution is 9.10. The second kappa shape index (κ2) is 4.79. The molecule has 3 atom stereocenters. The van der Waals surface area contributed by atoms with Gasteiger partial charge >= 0.3 is 0 Å². The van der Waals surface area contributed by atoms with Crippen LogP contribution in [0.2, 0.25) is 0 Å². The van der Waals surface area contributed by atoms with Crippen molar-refractivity contribution in [1.29, 1.82) is 0 Å². The molecule has 0 bridgehead atoms. The zero-order valence-corrected chi connectivity index (χ0v) is 11.8. The molecule has 2 heterocycles. The third-order valence-electron chi connectivity index (χ3n) is 4.20. The largest absolute Gasteiger partial charge is 0.313 e. The Bertz CT molecular complexity index is 363. The maximum atomic E-state index is 3.73. The fraction of sp³-hybridized carbons (Fsp3) is 0.692. The Kier molecular flexibility index (Phi) is 3.37. The normalized spacial score (nSPS) is 33.2. The van der Waals surface area contributed by atoms with E-state index in [0.29, 0.717) is 0 Å². The molecular formula is C13H18BrNS. The summed E-state index contributed by atoms with van der Waals surface area (Å²) in [6.45, 7) is 1.28. The highest BCUT2D eigenvalue weighted by Crippen LogP contribution is 2.39. The average Bonchev–Trinajstić information content (AvgIpc) is 2.91. The second-order valence-corrected chi connectivity index (χ2v) is 7.05. The van der Waals surface area contributed by atoms with E-state index in [1.165, 1.54) is 48.0 Å². The van der Waals surface area contributed by atoms with E-state index in [-0.39, 0.29) is 0 Å². The van der Waals surface area contributed by atoms with Crippen LogP contribution in [0, 0.1) is 11.8 Å². The maximum absolute atomic E-state index is 3.73. The topological polar surface area (TPSA) is 12.0 Å². The molecule has 3 rings (SSSR count).